The average molecular weight is 514 g/mol. The molecule has 0 unspecified atom stereocenters. The van der Waals surface area contributed by atoms with Crippen LogP contribution in [0.25, 0.3) is 32.4 Å². The highest BCUT2D eigenvalue weighted by atomic mass is 79.9. The van der Waals surface area contributed by atoms with Crippen LogP contribution in [0.2, 0.25) is 0 Å². The third kappa shape index (κ3) is 3.95. The van der Waals surface area contributed by atoms with E-state index in [9.17, 15) is 4.79 Å². The number of carbonyl (C=O) groups is 1. The van der Waals surface area contributed by atoms with Gasteiger partial charge in [-0.15, -0.1) is 0 Å². The predicted octanol–water partition coefficient (Wildman–Crippen LogP) is 5.66. The van der Waals surface area contributed by atoms with Crippen LogP contribution < -0.4 is 4.90 Å². The number of nitrogens with one attached hydrogen (secondary N) is 1. The van der Waals surface area contributed by atoms with E-state index >= 15 is 0 Å². The zero-order chi connectivity index (χ0) is 22.5. The van der Waals surface area contributed by atoms with Crippen LogP contribution in [0, 0.1) is 0 Å². The first-order valence-corrected chi connectivity index (χ1v) is 12.2. The summed E-state index contributed by atoms with van der Waals surface area (Å²) in [6, 6.07) is 10.3. The maximum atomic E-state index is 12.4. The quantitative estimate of drug-likeness (QED) is 0.374. The molecule has 9 heteroatoms. The number of H-pyrrole nitrogens is 1. The molecule has 5 rings (SSSR count). The van der Waals surface area contributed by atoms with Gasteiger partial charge in [0.25, 0.3) is 0 Å². The van der Waals surface area contributed by atoms with E-state index in [4.69, 9.17) is 9.72 Å². The molecule has 1 amide bonds. The fraction of sp³-hybridized carbons (Fsp3) is 0.348. The van der Waals surface area contributed by atoms with E-state index < -0.39 is 5.60 Å². The van der Waals surface area contributed by atoms with Crippen molar-refractivity contribution in [2.24, 2.45) is 0 Å². The third-order valence-corrected chi connectivity index (χ3v) is 7.41. The summed E-state index contributed by atoms with van der Waals surface area (Å²) in [4.78, 5) is 30.2. The Balaban J connectivity index is 1.41. The number of rotatable bonds is 2. The standard InChI is InChI=1S/C23H24BrN5O2S/c1-23(2,3)31-22(30)29-12-10-28(11-13-29)21-27-19(24)18(32-21)15-8-9-25-20-17(15)14-6-4-5-7-16(14)26-20/h4-9H,10-13H2,1-3H3,(H,25,26). The molecule has 1 saturated heterocycles. The minimum absolute atomic E-state index is 0.253. The summed E-state index contributed by atoms with van der Waals surface area (Å²) in [5, 5.41) is 3.20. The summed E-state index contributed by atoms with van der Waals surface area (Å²) in [5.74, 6) is 0. The van der Waals surface area contributed by atoms with Crippen LogP contribution in [0.1, 0.15) is 20.8 Å². The molecule has 3 aromatic heterocycles. The van der Waals surface area contributed by atoms with Gasteiger partial charge < -0.3 is 19.5 Å². The van der Waals surface area contributed by atoms with Crippen LogP contribution in [-0.4, -0.2) is 57.7 Å². The van der Waals surface area contributed by atoms with Gasteiger partial charge in [0.1, 0.15) is 15.9 Å². The largest absolute Gasteiger partial charge is 0.444 e. The summed E-state index contributed by atoms with van der Waals surface area (Å²) >= 11 is 5.34. The van der Waals surface area contributed by atoms with Crippen LogP contribution >= 0.6 is 27.3 Å². The molecule has 1 aliphatic heterocycles. The fourth-order valence-corrected chi connectivity index (χ4v) is 5.74. The van der Waals surface area contributed by atoms with E-state index in [0.29, 0.717) is 13.1 Å². The molecule has 4 aromatic rings. The first kappa shape index (κ1) is 21.2. The van der Waals surface area contributed by atoms with E-state index in [1.807, 2.05) is 45.2 Å². The van der Waals surface area contributed by atoms with Gasteiger partial charge in [0.2, 0.25) is 0 Å². The van der Waals surface area contributed by atoms with Gasteiger partial charge >= 0.3 is 6.09 Å². The molecule has 0 spiro atoms. The van der Waals surface area contributed by atoms with Crippen molar-refractivity contribution in [1.29, 1.82) is 0 Å². The molecule has 32 heavy (non-hydrogen) atoms. The topological polar surface area (TPSA) is 74.3 Å². The van der Waals surface area contributed by atoms with Crippen molar-refractivity contribution in [2.45, 2.75) is 26.4 Å². The number of thiazole rings is 1. The van der Waals surface area contributed by atoms with E-state index in [2.05, 4.69) is 42.9 Å². The number of hydrogen-bond acceptors (Lipinski definition) is 6. The number of nitrogens with zero attached hydrogens (tertiary/aromatic N) is 4. The first-order valence-electron chi connectivity index (χ1n) is 10.6. The number of para-hydroxylation sites is 1. The zero-order valence-electron chi connectivity index (χ0n) is 18.2. The molecule has 166 valence electrons. The van der Waals surface area contributed by atoms with Crippen LogP contribution in [-0.2, 0) is 4.74 Å². The summed E-state index contributed by atoms with van der Waals surface area (Å²) in [6.07, 6.45) is 1.58. The minimum atomic E-state index is -0.485. The minimum Gasteiger partial charge on any atom is -0.444 e. The number of aromatic nitrogens is 3. The van der Waals surface area contributed by atoms with E-state index in [0.717, 1.165) is 55.2 Å². The van der Waals surface area contributed by atoms with Crippen LogP contribution in [0.3, 0.4) is 0 Å². The number of hydrogen-bond donors (Lipinski definition) is 1. The van der Waals surface area contributed by atoms with Crippen molar-refractivity contribution in [2.75, 3.05) is 31.1 Å². The van der Waals surface area contributed by atoms with E-state index in [-0.39, 0.29) is 6.09 Å². The van der Waals surface area contributed by atoms with Crippen LogP contribution in [0.5, 0.6) is 0 Å². The lowest BCUT2D eigenvalue weighted by molar-refractivity contribution is 0.0240. The lowest BCUT2D eigenvalue weighted by atomic mass is 10.1. The van der Waals surface area contributed by atoms with E-state index in [1.54, 1.807) is 16.2 Å². The molecule has 0 aliphatic carbocycles. The summed E-state index contributed by atoms with van der Waals surface area (Å²) in [6.45, 7) is 8.33. The molecule has 4 heterocycles. The monoisotopic (exact) mass is 513 g/mol. The molecule has 1 aromatic carbocycles. The molecular formula is C23H24BrN5O2S. The molecule has 1 N–H and O–H groups in total. The average Bonchev–Trinajstić information content (AvgIpc) is 3.33. The Bertz CT molecular complexity index is 1300. The Morgan fingerprint density at radius 1 is 1.16 bits per heavy atom. The summed E-state index contributed by atoms with van der Waals surface area (Å²) in [7, 11) is 0. The molecule has 1 fully saturated rings. The highest BCUT2D eigenvalue weighted by Crippen LogP contribution is 2.42. The first-order chi connectivity index (χ1) is 15.3. The van der Waals surface area contributed by atoms with Crippen molar-refractivity contribution in [3.05, 3.63) is 41.1 Å². The second kappa shape index (κ2) is 8.04. The SMILES string of the molecule is CC(C)(C)OC(=O)N1CCN(c2nc(Br)c(-c3ccnc4[nH]c5ccccc5c34)s2)CC1. The highest BCUT2D eigenvalue weighted by molar-refractivity contribution is 9.10. The van der Waals surface area contributed by atoms with Crippen molar-refractivity contribution in [3.8, 4) is 10.4 Å². The molecule has 7 nitrogen and oxygen atoms in total. The number of piperazine rings is 1. The molecule has 0 atom stereocenters. The van der Waals surface area contributed by atoms with Gasteiger partial charge in [0.15, 0.2) is 5.13 Å². The Kier molecular flexibility index (Phi) is 5.33. The van der Waals surface area contributed by atoms with Crippen molar-refractivity contribution >= 4 is 60.4 Å². The second-order valence-electron chi connectivity index (χ2n) is 8.82. The smallest absolute Gasteiger partial charge is 0.410 e. The van der Waals surface area contributed by atoms with Gasteiger partial charge in [-0.1, -0.05) is 29.5 Å². The Hall–Kier alpha value is -2.65. The number of halogens is 1. The Morgan fingerprint density at radius 3 is 2.66 bits per heavy atom. The normalized spacial score (nSPS) is 15.0. The van der Waals surface area contributed by atoms with Gasteiger partial charge in [-0.25, -0.2) is 14.8 Å². The van der Waals surface area contributed by atoms with Gasteiger partial charge in [-0.05, 0) is 48.8 Å². The lowest BCUT2D eigenvalue weighted by Crippen LogP contribution is -2.50. The van der Waals surface area contributed by atoms with Crippen molar-refractivity contribution < 1.29 is 9.53 Å². The Morgan fingerprint density at radius 2 is 1.91 bits per heavy atom. The number of fused-ring (bicyclic) bond motifs is 3. The van der Waals surface area contributed by atoms with Gasteiger partial charge in [0.05, 0.1) is 4.88 Å². The molecule has 0 radical (unpaired) electrons. The van der Waals surface area contributed by atoms with Gasteiger partial charge in [-0.3, -0.25) is 0 Å². The van der Waals surface area contributed by atoms with Crippen molar-refractivity contribution in [3.63, 3.8) is 0 Å². The number of anilines is 1. The molecule has 0 saturated carbocycles. The van der Waals surface area contributed by atoms with Crippen LogP contribution in [0.4, 0.5) is 9.93 Å². The maximum Gasteiger partial charge on any atom is 0.410 e. The maximum absolute atomic E-state index is 12.4. The Labute approximate surface area is 198 Å². The molecular weight excluding hydrogens is 490 g/mol. The third-order valence-electron chi connectivity index (χ3n) is 5.42. The number of benzene rings is 1. The molecule has 0 bridgehead atoms. The highest BCUT2D eigenvalue weighted by Gasteiger charge is 2.28. The van der Waals surface area contributed by atoms with Gasteiger partial charge in [0, 0.05) is 54.2 Å². The summed E-state index contributed by atoms with van der Waals surface area (Å²) < 4.78 is 6.33. The number of pyridine rings is 1. The fourth-order valence-electron chi connectivity index (χ4n) is 3.96. The zero-order valence-corrected chi connectivity index (χ0v) is 20.6. The van der Waals surface area contributed by atoms with Crippen LogP contribution in [0.15, 0.2) is 41.1 Å². The number of ether oxygens (including phenoxy) is 1. The van der Waals surface area contributed by atoms with E-state index in [1.165, 1.54) is 0 Å². The number of carbonyl (C=O) groups excluding carboxylic acids is 1. The number of amides is 1. The molecule has 1 aliphatic rings. The lowest BCUT2D eigenvalue weighted by Gasteiger charge is -2.35. The second-order valence-corrected chi connectivity index (χ2v) is 10.6. The van der Waals surface area contributed by atoms with Crippen molar-refractivity contribution in [1.82, 2.24) is 19.9 Å². The summed E-state index contributed by atoms with van der Waals surface area (Å²) in [5.41, 5.74) is 2.57. The number of aromatic amines is 1. The predicted molar refractivity (Wildman–Crippen MR) is 132 cm³/mol. The van der Waals surface area contributed by atoms with Gasteiger partial charge in [-0.2, -0.15) is 0 Å².